The molecule has 0 aliphatic carbocycles. The summed E-state index contributed by atoms with van der Waals surface area (Å²) in [5.74, 6) is 1.01. The molecule has 136 valence electrons. The molecule has 0 aliphatic heterocycles. The van der Waals surface area contributed by atoms with E-state index < -0.39 is 0 Å². The van der Waals surface area contributed by atoms with Crippen LogP contribution in [-0.4, -0.2) is 24.1 Å². The van der Waals surface area contributed by atoms with E-state index in [9.17, 15) is 4.79 Å². The third kappa shape index (κ3) is 6.48. The van der Waals surface area contributed by atoms with Crippen molar-refractivity contribution in [3.63, 3.8) is 0 Å². The number of ether oxygens (including phenoxy) is 2. The van der Waals surface area contributed by atoms with Gasteiger partial charge in [0.2, 0.25) is 0 Å². The van der Waals surface area contributed by atoms with Crippen LogP contribution in [0.3, 0.4) is 0 Å². The Balaban J connectivity index is 1.85. The normalized spacial score (nSPS) is 12.2. The molecular formula is C19H26N2O3S. The molecule has 2 aromatic rings. The van der Waals surface area contributed by atoms with Gasteiger partial charge in [0.25, 0.3) is 0 Å². The fraction of sp³-hybridized carbons (Fsp3) is 0.474. The van der Waals surface area contributed by atoms with Crippen LogP contribution >= 0.6 is 11.3 Å². The first kappa shape index (κ1) is 19.4. The Morgan fingerprint density at radius 2 is 2.00 bits per heavy atom. The van der Waals surface area contributed by atoms with Gasteiger partial charge in [-0.05, 0) is 37.0 Å². The minimum absolute atomic E-state index is 0.216. The fourth-order valence-electron chi connectivity index (χ4n) is 2.45. The molecule has 0 fully saturated rings. The largest absolute Gasteiger partial charge is 0.487 e. The highest BCUT2D eigenvalue weighted by molar-refractivity contribution is 7.09. The van der Waals surface area contributed by atoms with Crippen molar-refractivity contribution in [2.24, 2.45) is 5.92 Å². The number of benzene rings is 1. The van der Waals surface area contributed by atoms with E-state index in [1.54, 1.807) is 11.3 Å². The second-order valence-corrected chi connectivity index (χ2v) is 7.44. The second-order valence-electron chi connectivity index (χ2n) is 6.38. The molecule has 1 aromatic carbocycles. The number of rotatable bonds is 9. The molecule has 1 N–H and O–H groups in total. The lowest BCUT2D eigenvalue weighted by molar-refractivity contribution is -0.143. The third-order valence-electron chi connectivity index (χ3n) is 3.72. The maximum Gasteiger partial charge on any atom is 0.322 e. The van der Waals surface area contributed by atoms with Gasteiger partial charge in [-0.15, -0.1) is 11.3 Å². The van der Waals surface area contributed by atoms with E-state index in [1.807, 2.05) is 36.6 Å². The van der Waals surface area contributed by atoms with Crippen LogP contribution in [0.4, 0.5) is 0 Å². The van der Waals surface area contributed by atoms with E-state index in [0.717, 1.165) is 28.4 Å². The van der Waals surface area contributed by atoms with Gasteiger partial charge >= 0.3 is 5.97 Å². The van der Waals surface area contributed by atoms with Crippen molar-refractivity contribution in [2.45, 2.75) is 46.4 Å². The van der Waals surface area contributed by atoms with Crippen LogP contribution < -0.4 is 10.1 Å². The summed E-state index contributed by atoms with van der Waals surface area (Å²) in [5, 5.41) is 6.33. The molecule has 25 heavy (non-hydrogen) atoms. The van der Waals surface area contributed by atoms with Crippen LogP contribution in [0.1, 0.15) is 36.5 Å². The summed E-state index contributed by atoms with van der Waals surface area (Å²) in [5.41, 5.74) is 2.04. The van der Waals surface area contributed by atoms with E-state index in [1.165, 1.54) is 7.11 Å². The lowest BCUT2D eigenvalue weighted by Gasteiger charge is -2.18. The van der Waals surface area contributed by atoms with Crippen molar-refractivity contribution in [2.75, 3.05) is 7.11 Å². The molecule has 0 spiro atoms. The van der Waals surface area contributed by atoms with E-state index in [2.05, 4.69) is 24.1 Å². The Labute approximate surface area is 153 Å². The summed E-state index contributed by atoms with van der Waals surface area (Å²) in [7, 11) is 1.42. The summed E-state index contributed by atoms with van der Waals surface area (Å²) in [6.45, 7) is 7.25. The Morgan fingerprint density at radius 3 is 2.56 bits per heavy atom. The monoisotopic (exact) mass is 362 g/mol. The number of hydrogen-bond acceptors (Lipinski definition) is 6. The van der Waals surface area contributed by atoms with Crippen LogP contribution in [0.15, 0.2) is 29.6 Å². The Bertz CT molecular complexity index is 668. The number of esters is 1. The maximum absolute atomic E-state index is 11.8. The summed E-state index contributed by atoms with van der Waals surface area (Å²) in [6, 6.07) is 7.59. The SMILES string of the molecule is COC(=O)[C@@H](CC(C)C)NCc1ccc(OCc2csc(C)n2)cc1. The first-order chi connectivity index (χ1) is 12.0. The van der Waals surface area contributed by atoms with Crippen molar-refractivity contribution in [3.05, 3.63) is 45.9 Å². The average Bonchev–Trinajstić information content (AvgIpc) is 3.02. The van der Waals surface area contributed by atoms with Crippen molar-refractivity contribution in [1.82, 2.24) is 10.3 Å². The molecule has 1 aromatic heterocycles. The van der Waals surface area contributed by atoms with E-state index in [4.69, 9.17) is 9.47 Å². The quantitative estimate of drug-likeness (QED) is 0.689. The Hall–Kier alpha value is -1.92. The first-order valence-corrected chi connectivity index (χ1v) is 9.30. The van der Waals surface area contributed by atoms with Gasteiger partial charge in [0.05, 0.1) is 17.8 Å². The molecule has 1 heterocycles. The number of carbonyl (C=O) groups is 1. The van der Waals surface area contributed by atoms with Gasteiger partial charge in [-0.1, -0.05) is 26.0 Å². The predicted octanol–water partition coefficient (Wildman–Crippen LogP) is 3.71. The van der Waals surface area contributed by atoms with Crippen molar-refractivity contribution in [1.29, 1.82) is 0 Å². The number of aryl methyl sites for hydroxylation is 1. The molecule has 0 saturated heterocycles. The Kier molecular flexibility index (Phi) is 7.40. The smallest absolute Gasteiger partial charge is 0.322 e. The topological polar surface area (TPSA) is 60.5 Å². The minimum Gasteiger partial charge on any atom is -0.487 e. The lowest BCUT2D eigenvalue weighted by atomic mass is 10.0. The van der Waals surface area contributed by atoms with E-state index in [0.29, 0.717) is 19.1 Å². The van der Waals surface area contributed by atoms with Gasteiger partial charge < -0.3 is 14.8 Å². The van der Waals surface area contributed by atoms with Gasteiger partial charge in [-0.25, -0.2) is 4.98 Å². The zero-order valence-electron chi connectivity index (χ0n) is 15.2. The molecule has 0 aliphatic rings. The zero-order valence-corrected chi connectivity index (χ0v) is 16.1. The number of aromatic nitrogens is 1. The first-order valence-electron chi connectivity index (χ1n) is 8.42. The van der Waals surface area contributed by atoms with Gasteiger partial charge in [-0.3, -0.25) is 4.79 Å². The molecular weight excluding hydrogens is 336 g/mol. The van der Waals surface area contributed by atoms with Crippen molar-refractivity contribution < 1.29 is 14.3 Å². The zero-order chi connectivity index (χ0) is 18.2. The van der Waals surface area contributed by atoms with Crippen LogP contribution in [0.2, 0.25) is 0 Å². The maximum atomic E-state index is 11.8. The summed E-state index contributed by atoms with van der Waals surface area (Å²) < 4.78 is 10.6. The minimum atomic E-state index is -0.283. The fourth-order valence-corrected chi connectivity index (χ4v) is 3.05. The average molecular weight is 362 g/mol. The van der Waals surface area contributed by atoms with Crippen molar-refractivity contribution >= 4 is 17.3 Å². The number of hydrogen-bond donors (Lipinski definition) is 1. The highest BCUT2D eigenvalue weighted by Gasteiger charge is 2.19. The number of methoxy groups -OCH3 is 1. The van der Waals surface area contributed by atoms with Gasteiger partial charge in [-0.2, -0.15) is 0 Å². The number of carbonyl (C=O) groups excluding carboxylic acids is 1. The molecule has 6 heteroatoms. The van der Waals surface area contributed by atoms with Crippen LogP contribution in [0.25, 0.3) is 0 Å². The van der Waals surface area contributed by atoms with Crippen LogP contribution in [-0.2, 0) is 22.7 Å². The Morgan fingerprint density at radius 1 is 1.28 bits per heavy atom. The van der Waals surface area contributed by atoms with Crippen molar-refractivity contribution in [3.8, 4) is 5.75 Å². The summed E-state index contributed by atoms with van der Waals surface area (Å²) in [4.78, 5) is 16.2. The van der Waals surface area contributed by atoms with Gasteiger partial charge in [0, 0.05) is 11.9 Å². The number of nitrogens with one attached hydrogen (secondary N) is 1. The van der Waals surface area contributed by atoms with Gasteiger partial charge in [0.15, 0.2) is 0 Å². The highest BCUT2D eigenvalue weighted by Crippen LogP contribution is 2.16. The number of thiazole rings is 1. The summed E-state index contributed by atoms with van der Waals surface area (Å²) >= 11 is 1.62. The molecule has 0 radical (unpaired) electrons. The second kappa shape index (κ2) is 9.53. The summed E-state index contributed by atoms with van der Waals surface area (Å²) in [6.07, 6.45) is 0.751. The predicted molar refractivity (Wildman–Crippen MR) is 99.7 cm³/mol. The van der Waals surface area contributed by atoms with E-state index >= 15 is 0 Å². The molecule has 0 saturated carbocycles. The van der Waals surface area contributed by atoms with Crippen LogP contribution in [0.5, 0.6) is 5.75 Å². The molecule has 5 nitrogen and oxygen atoms in total. The standard InChI is InChI=1S/C19H26N2O3S/c1-13(2)9-18(19(22)23-4)20-10-15-5-7-17(8-6-15)24-11-16-12-25-14(3)21-16/h5-8,12-13,18,20H,9-11H2,1-4H3/t18-/m1/s1. The third-order valence-corrected chi connectivity index (χ3v) is 4.54. The van der Waals surface area contributed by atoms with Crippen LogP contribution in [0, 0.1) is 12.8 Å². The molecule has 2 rings (SSSR count). The molecule has 1 atom stereocenters. The highest BCUT2D eigenvalue weighted by atomic mass is 32.1. The molecule has 0 amide bonds. The van der Waals surface area contributed by atoms with E-state index in [-0.39, 0.29) is 12.0 Å². The lowest BCUT2D eigenvalue weighted by Crippen LogP contribution is -2.38. The number of nitrogens with zero attached hydrogens (tertiary/aromatic N) is 1. The molecule has 0 bridgehead atoms. The molecule has 0 unspecified atom stereocenters. The van der Waals surface area contributed by atoms with Gasteiger partial charge in [0.1, 0.15) is 18.4 Å².